The SMILES string of the molecule is CCOc1cc(/C=N\NC(=O)Cc2ccc(OC)cc2)ccc1OCc1ccc(C)cc1. The third-order valence-electron chi connectivity index (χ3n) is 4.71. The second-order valence-electron chi connectivity index (χ2n) is 7.23. The van der Waals surface area contributed by atoms with E-state index in [-0.39, 0.29) is 12.3 Å². The van der Waals surface area contributed by atoms with Gasteiger partial charge in [0.05, 0.1) is 26.4 Å². The van der Waals surface area contributed by atoms with Gasteiger partial charge in [-0.05, 0) is 60.9 Å². The van der Waals surface area contributed by atoms with Crippen molar-refractivity contribution < 1.29 is 19.0 Å². The van der Waals surface area contributed by atoms with Crippen LogP contribution in [-0.2, 0) is 17.8 Å². The molecule has 166 valence electrons. The quantitative estimate of drug-likeness (QED) is 0.373. The lowest BCUT2D eigenvalue weighted by Gasteiger charge is -2.12. The molecule has 1 N–H and O–H groups in total. The highest BCUT2D eigenvalue weighted by atomic mass is 16.5. The fourth-order valence-electron chi connectivity index (χ4n) is 2.99. The maximum absolute atomic E-state index is 12.1. The number of carbonyl (C=O) groups excluding carboxylic acids is 1. The van der Waals surface area contributed by atoms with Crippen LogP contribution < -0.4 is 19.6 Å². The fraction of sp³-hybridized carbons (Fsp3) is 0.231. The van der Waals surface area contributed by atoms with E-state index in [0.29, 0.717) is 24.7 Å². The van der Waals surface area contributed by atoms with Crippen molar-refractivity contribution >= 4 is 12.1 Å². The molecule has 0 radical (unpaired) electrons. The van der Waals surface area contributed by atoms with E-state index in [0.717, 1.165) is 22.4 Å². The van der Waals surface area contributed by atoms with Crippen LogP contribution in [0.1, 0.15) is 29.2 Å². The van der Waals surface area contributed by atoms with Crippen molar-refractivity contribution in [2.75, 3.05) is 13.7 Å². The van der Waals surface area contributed by atoms with Crippen LogP contribution in [0.4, 0.5) is 0 Å². The minimum atomic E-state index is -0.200. The van der Waals surface area contributed by atoms with Gasteiger partial charge in [0.25, 0.3) is 0 Å². The molecule has 0 heterocycles. The number of hydrogen-bond donors (Lipinski definition) is 1. The molecule has 0 saturated carbocycles. The highest BCUT2D eigenvalue weighted by Crippen LogP contribution is 2.29. The Hall–Kier alpha value is -3.80. The molecule has 0 aliphatic rings. The van der Waals surface area contributed by atoms with Crippen LogP contribution in [0.15, 0.2) is 71.8 Å². The molecule has 0 spiro atoms. The zero-order chi connectivity index (χ0) is 22.8. The Kier molecular flexibility index (Phi) is 8.26. The minimum Gasteiger partial charge on any atom is -0.497 e. The highest BCUT2D eigenvalue weighted by molar-refractivity contribution is 5.84. The maximum atomic E-state index is 12.1. The van der Waals surface area contributed by atoms with Gasteiger partial charge < -0.3 is 14.2 Å². The van der Waals surface area contributed by atoms with Gasteiger partial charge in [0.15, 0.2) is 11.5 Å². The van der Waals surface area contributed by atoms with Gasteiger partial charge in [-0.15, -0.1) is 0 Å². The predicted molar refractivity (Wildman–Crippen MR) is 126 cm³/mol. The number of ether oxygens (including phenoxy) is 3. The summed E-state index contributed by atoms with van der Waals surface area (Å²) < 4.78 is 16.8. The molecule has 0 aliphatic carbocycles. The number of rotatable bonds is 10. The summed E-state index contributed by atoms with van der Waals surface area (Å²) in [5.74, 6) is 1.85. The molecule has 32 heavy (non-hydrogen) atoms. The lowest BCUT2D eigenvalue weighted by Crippen LogP contribution is -2.19. The Balaban J connectivity index is 1.57. The van der Waals surface area contributed by atoms with Crippen molar-refractivity contribution in [1.29, 1.82) is 0 Å². The average molecular weight is 433 g/mol. The Labute approximate surface area is 188 Å². The summed E-state index contributed by atoms with van der Waals surface area (Å²) in [7, 11) is 1.61. The molecule has 6 nitrogen and oxygen atoms in total. The number of hydrogen-bond acceptors (Lipinski definition) is 5. The van der Waals surface area contributed by atoms with Crippen molar-refractivity contribution in [3.63, 3.8) is 0 Å². The van der Waals surface area contributed by atoms with Gasteiger partial charge >= 0.3 is 0 Å². The minimum absolute atomic E-state index is 0.200. The normalized spacial score (nSPS) is 10.7. The number of nitrogens with one attached hydrogen (secondary N) is 1. The number of amides is 1. The number of carbonyl (C=O) groups is 1. The Morgan fingerprint density at radius 3 is 2.34 bits per heavy atom. The van der Waals surface area contributed by atoms with E-state index in [1.165, 1.54) is 5.56 Å². The van der Waals surface area contributed by atoms with Crippen molar-refractivity contribution in [2.24, 2.45) is 5.10 Å². The largest absolute Gasteiger partial charge is 0.497 e. The van der Waals surface area contributed by atoms with Crippen LogP contribution in [0.25, 0.3) is 0 Å². The molecule has 0 aromatic heterocycles. The summed E-state index contributed by atoms with van der Waals surface area (Å²) in [4.78, 5) is 12.1. The number of aryl methyl sites for hydroxylation is 1. The molecule has 3 rings (SSSR count). The molecule has 3 aromatic rings. The monoisotopic (exact) mass is 432 g/mol. The molecule has 0 unspecified atom stereocenters. The molecule has 1 amide bonds. The summed E-state index contributed by atoms with van der Waals surface area (Å²) in [5.41, 5.74) is 6.52. The van der Waals surface area contributed by atoms with Crippen LogP contribution in [0, 0.1) is 6.92 Å². The van der Waals surface area contributed by atoms with E-state index in [4.69, 9.17) is 14.2 Å². The van der Waals surface area contributed by atoms with Crippen molar-refractivity contribution in [1.82, 2.24) is 5.43 Å². The van der Waals surface area contributed by atoms with E-state index in [2.05, 4.69) is 29.6 Å². The van der Waals surface area contributed by atoms with Gasteiger partial charge in [0.2, 0.25) is 5.91 Å². The summed E-state index contributed by atoms with van der Waals surface area (Å²) in [6, 6.07) is 21.1. The summed E-state index contributed by atoms with van der Waals surface area (Å²) in [5, 5.41) is 4.06. The topological polar surface area (TPSA) is 69.2 Å². The van der Waals surface area contributed by atoms with Gasteiger partial charge in [0, 0.05) is 0 Å². The smallest absolute Gasteiger partial charge is 0.244 e. The molecular weight excluding hydrogens is 404 g/mol. The van der Waals surface area contributed by atoms with Gasteiger partial charge in [-0.1, -0.05) is 42.0 Å². The van der Waals surface area contributed by atoms with E-state index in [9.17, 15) is 4.79 Å². The van der Waals surface area contributed by atoms with E-state index in [1.54, 1.807) is 13.3 Å². The highest BCUT2D eigenvalue weighted by Gasteiger charge is 2.07. The first-order chi connectivity index (χ1) is 15.6. The van der Waals surface area contributed by atoms with Crippen molar-refractivity contribution in [3.8, 4) is 17.2 Å². The molecule has 0 fully saturated rings. The lowest BCUT2D eigenvalue weighted by molar-refractivity contribution is -0.120. The molecule has 3 aromatic carbocycles. The van der Waals surface area contributed by atoms with Gasteiger partial charge in [-0.3, -0.25) is 4.79 Å². The first-order valence-corrected chi connectivity index (χ1v) is 10.5. The fourth-order valence-corrected chi connectivity index (χ4v) is 2.99. The molecule has 6 heteroatoms. The van der Waals surface area contributed by atoms with Crippen molar-refractivity contribution in [2.45, 2.75) is 26.9 Å². The van der Waals surface area contributed by atoms with E-state index < -0.39 is 0 Å². The second-order valence-corrected chi connectivity index (χ2v) is 7.23. The summed E-state index contributed by atoms with van der Waals surface area (Å²) in [6.07, 6.45) is 1.81. The predicted octanol–water partition coefficient (Wildman–Crippen LogP) is 4.67. The molecule has 0 aliphatic heterocycles. The third-order valence-corrected chi connectivity index (χ3v) is 4.71. The van der Waals surface area contributed by atoms with Gasteiger partial charge in [-0.2, -0.15) is 5.10 Å². The van der Waals surface area contributed by atoms with Crippen LogP contribution in [0.2, 0.25) is 0 Å². The zero-order valence-corrected chi connectivity index (χ0v) is 18.6. The second kappa shape index (κ2) is 11.6. The van der Waals surface area contributed by atoms with E-state index in [1.807, 2.05) is 61.5 Å². The molecular formula is C26H28N2O4. The van der Waals surface area contributed by atoms with Gasteiger partial charge in [0.1, 0.15) is 12.4 Å². The molecule has 0 saturated heterocycles. The number of benzene rings is 3. The number of hydrazone groups is 1. The Bertz CT molecular complexity index is 1040. The molecule has 0 bridgehead atoms. The lowest BCUT2D eigenvalue weighted by atomic mass is 10.1. The summed E-state index contributed by atoms with van der Waals surface area (Å²) >= 11 is 0. The van der Waals surface area contributed by atoms with Crippen LogP contribution in [0.3, 0.4) is 0 Å². The molecule has 0 atom stereocenters. The first-order valence-electron chi connectivity index (χ1n) is 10.5. The van der Waals surface area contributed by atoms with Crippen LogP contribution in [-0.4, -0.2) is 25.8 Å². The standard InChI is InChI=1S/C26H28N2O4/c1-4-31-25-15-22(11-14-24(25)32-18-21-7-5-19(2)6-8-21)17-27-28-26(29)16-20-9-12-23(30-3)13-10-20/h5-15,17H,4,16,18H2,1-3H3,(H,28,29)/b27-17-. The maximum Gasteiger partial charge on any atom is 0.244 e. The third kappa shape index (κ3) is 6.87. The average Bonchev–Trinajstić information content (AvgIpc) is 2.80. The first kappa shape index (κ1) is 22.9. The number of methoxy groups -OCH3 is 1. The van der Waals surface area contributed by atoms with Crippen LogP contribution >= 0.6 is 0 Å². The number of nitrogens with zero attached hydrogens (tertiary/aromatic N) is 1. The van der Waals surface area contributed by atoms with E-state index >= 15 is 0 Å². The van der Waals surface area contributed by atoms with Crippen LogP contribution in [0.5, 0.6) is 17.2 Å². The van der Waals surface area contributed by atoms with Crippen molar-refractivity contribution in [3.05, 3.63) is 89.0 Å². The Morgan fingerprint density at radius 2 is 1.66 bits per heavy atom. The summed E-state index contributed by atoms with van der Waals surface area (Å²) in [6.45, 7) is 4.94. The Morgan fingerprint density at radius 1 is 0.938 bits per heavy atom. The zero-order valence-electron chi connectivity index (χ0n) is 18.6. The van der Waals surface area contributed by atoms with Gasteiger partial charge in [-0.25, -0.2) is 5.43 Å².